The van der Waals surface area contributed by atoms with Gasteiger partial charge in [-0.15, -0.1) is 0 Å². The molecule has 29 heavy (non-hydrogen) atoms. The standard InChI is InChI=1S/C21H26NO6P/c1-2-28-29(26,16-20(23)24)19(14-13-17-9-5-3-6-10-17)22-21(25)27-15-18-11-7-4-8-12-18/h3-12,19H,2,13-16H2,1H3,(H,22,25)(H,23,24). The molecule has 7 nitrogen and oxygen atoms in total. The monoisotopic (exact) mass is 419 g/mol. The van der Waals surface area contributed by atoms with E-state index in [1.54, 1.807) is 6.92 Å². The van der Waals surface area contributed by atoms with E-state index in [9.17, 15) is 19.3 Å². The Morgan fingerprint density at radius 1 is 1.03 bits per heavy atom. The molecule has 0 heterocycles. The van der Waals surface area contributed by atoms with Crippen LogP contribution in [0.15, 0.2) is 60.7 Å². The van der Waals surface area contributed by atoms with Gasteiger partial charge < -0.3 is 19.7 Å². The second kappa shape index (κ2) is 11.4. The Kier molecular flexibility index (Phi) is 8.90. The van der Waals surface area contributed by atoms with Crippen molar-refractivity contribution in [1.29, 1.82) is 0 Å². The average Bonchev–Trinajstić information content (AvgIpc) is 2.70. The number of carboxylic acid groups (broad SMARTS) is 1. The summed E-state index contributed by atoms with van der Waals surface area (Å²) >= 11 is 0. The number of carbonyl (C=O) groups is 2. The third-order valence-corrected chi connectivity index (χ3v) is 6.97. The minimum Gasteiger partial charge on any atom is -0.481 e. The molecule has 0 bridgehead atoms. The summed E-state index contributed by atoms with van der Waals surface area (Å²) in [5.74, 6) is -2.21. The Morgan fingerprint density at radius 3 is 2.17 bits per heavy atom. The summed E-state index contributed by atoms with van der Waals surface area (Å²) < 4.78 is 23.9. The van der Waals surface area contributed by atoms with E-state index in [1.807, 2.05) is 60.7 Å². The van der Waals surface area contributed by atoms with Crippen LogP contribution in [0.2, 0.25) is 0 Å². The molecule has 0 fully saturated rings. The molecule has 0 radical (unpaired) electrons. The van der Waals surface area contributed by atoms with Crippen LogP contribution in [0.1, 0.15) is 24.5 Å². The third-order valence-electron chi connectivity index (χ3n) is 4.22. The molecule has 0 spiro atoms. The summed E-state index contributed by atoms with van der Waals surface area (Å²) in [4.78, 5) is 23.6. The molecule has 0 saturated carbocycles. The Morgan fingerprint density at radius 2 is 1.62 bits per heavy atom. The summed E-state index contributed by atoms with van der Waals surface area (Å²) in [5.41, 5.74) is 1.79. The summed E-state index contributed by atoms with van der Waals surface area (Å²) in [7, 11) is -3.68. The maximum absolute atomic E-state index is 13.3. The highest BCUT2D eigenvalue weighted by Gasteiger charge is 2.37. The van der Waals surface area contributed by atoms with E-state index in [-0.39, 0.29) is 19.6 Å². The summed E-state index contributed by atoms with van der Waals surface area (Å²) in [6.07, 6.45) is -0.674. The van der Waals surface area contributed by atoms with E-state index in [0.717, 1.165) is 11.1 Å². The van der Waals surface area contributed by atoms with Gasteiger partial charge in [0.1, 0.15) is 18.6 Å². The highest BCUT2D eigenvalue weighted by atomic mass is 31.2. The van der Waals surface area contributed by atoms with Gasteiger partial charge in [-0.05, 0) is 30.9 Å². The van der Waals surface area contributed by atoms with Gasteiger partial charge in [0, 0.05) is 0 Å². The smallest absolute Gasteiger partial charge is 0.408 e. The largest absolute Gasteiger partial charge is 0.481 e. The van der Waals surface area contributed by atoms with Crippen molar-refractivity contribution in [3.8, 4) is 0 Å². The lowest BCUT2D eigenvalue weighted by Crippen LogP contribution is -2.37. The van der Waals surface area contributed by atoms with E-state index in [1.165, 1.54) is 0 Å². The molecule has 2 N–H and O–H groups in total. The van der Waals surface area contributed by atoms with Crippen molar-refractivity contribution in [3.05, 3.63) is 71.8 Å². The van der Waals surface area contributed by atoms with Crippen molar-refractivity contribution in [2.24, 2.45) is 0 Å². The predicted octanol–water partition coefficient (Wildman–Crippen LogP) is 4.27. The Labute approximate surface area is 170 Å². The maximum atomic E-state index is 13.3. The lowest BCUT2D eigenvalue weighted by molar-refractivity contribution is -0.134. The van der Waals surface area contributed by atoms with Crippen molar-refractivity contribution in [1.82, 2.24) is 5.32 Å². The Balaban J connectivity index is 2.10. The molecular formula is C21H26NO6P. The maximum Gasteiger partial charge on any atom is 0.408 e. The molecule has 2 rings (SSSR count). The number of hydrogen-bond acceptors (Lipinski definition) is 5. The summed E-state index contributed by atoms with van der Waals surface area (Å²) in [6.45, 7) is 1.76. The van der Waals surface area contributed by atoms with Crippen molar-refractivity contribution in [3.63, 3.8) is 0 Å². The molecule has 2 unspecified atom stereocenters. The Bertz CT molecular complexity index is 828. The number of nitrogens with one attached hydrogen (secondary N) is 1. The minimum atomic E-state index is -3.68. The molecule has 0 saturated heterocycles. The SMILES string of the molecule is CCOP(=O)(CC(=O)O)C(CCc1ccccc1)NC(=O)OCc1ccccc1. The van der Waals surface area contributed by atoms with Gasteiger partial charge in [-0.3, -0.25) is 9.36 Å². The van der Waals surface area contributed by atoms with E-state index < -0.39 is 31.4 Å². The summed E-state index contributed by atoms with van der Waals surface area (Å²) in [5, 5.41) is 11.8. The normalized spacial score (nSPS) is 13.8. The molecule has 8 heteroatoms. The van der Waals surface area contributed by atoms with Crippen LogP contribution in [-0.2, 0) is 31.6 Å². The first kappa shape index (κ1) is 22.7. The fourth-order valence-electron chi connectivity index (χ4n) is 2.87. The first-order valence-corrected chi connectivity index (χ1v) is 11.3. The second-order valence-electron chi connectivity index (χ2n) is 6.44. The van der Waals surface area contributed by atoms with Gasteiger partial charge >= 0.3 is 12.1 Å². The highest BCUT2D eigenvalue weighted by Crippen LogP contribution is 2.52. The zero-order valence-corrected chi connectivity index (χ0v) is 17.2. The quantitative estimate of drug-likeness (QED) is 0.528. The van der Waals surface area contributed by atoms with Crippen LogP contribution >= 0.6 is 7.37 Å². The zero-order valence-electron chi connectivity index (χ0n) is 16.3. The van der Waals surface area contributed by atoms with Crippen LogP contribution < -0.4 is 5.32 Å². The fraction of sp³-hybridized carbons (Fsp3) is 0.333. The molecule has 0 aliphatic rings. The average molecular weight is 419 g/mol. The van der Waals surface area contributed by atoms with Crippen molar-refractivity contribution in [2.75, 3.05) is 12.8 Å². The van der Waals surface area contributed by atoms with E-state index >= 15 is 0 Å². The molecule has 2 aromatic carbocycles. The van der Waals surface area contributed by atoms with Crippen LogP contribution in [0.3, 0.4) is 0 Å². The number of ether oxygens (including phenoxy) is 1. The molecular weight excluding hydrogens is 393 g/mol. The minimum absolute atomic E-state index is 0.0515. The summed E-state index contributed by atoms with van der Waals surface area (Å²) in [6, 6.07) is 18.6. The predicted molar refractivity (Wildman–Crippen MR) is 110 cm³/mol. The fourth-order valence-corrected chi connectivity index (χ4v) is 5.00. The van der Waals surface area contributed by atoms with Crippen molar-refractivity contribution in [2.45, 2.75) is 32.2 Å². The lowest BCUT2D eigenvalue weighted by Gasteiger charge is -2.27. The van der Waals surface area contributed by atoms with Gasteiger partial charge in [0.05, 0.1) is 6.61 Å². The third kappa shape index (κ3) is 7.72. The van der Waals surface area contributed by atoms with Crippen LogP contribution in [0.4, 0.5) is 4.79 Å². The zero-order chi connectivity index (χ0) is 21.1. The van der Waals surface area contributed by atoms with E-state index in [0.29, 0.717) is 6.42 Å². The van der Waals surface area contributed by atoms with Gasteiger partial charge in [-0.25, -0.2) is 4.79 Å². The molecule has 2 atom stereocenters. The number of amides is 1. The molecule has 2 aromatic rings. The molecule has 1 amide bonds. The van der Waals surface area contributed by atoms with Gasteiger partial charge in [-0.1, -0.05) is 60.7 Å². The molecule has 0 aliphatic heterocycles. The van der Waals surface area contributed by atoms with Gasteiger partial charge in [0.2, 0.25) is 7.37 Å². The van der Waals surface area contributed by atoms with Crippen LogP contribution in [0, 0.1) is 0 Å². The molecule has 0 aliphatic carbocycles. The van der Waals surface area contributed by atoms with Crippen LogP contribution in [0.5, 0.6) is 0 Å². The van der Waals surface area contributed by atoms with Gasteiger partial charge in [0.25, 0.3) is 0 Å². The van der Waals surface area contributed by atoms with Crippen LogP contribution in [0.25, 0.3) is 0 Å². The number of hydrogen-bond donors (Lipinski definition) is 2. The second-order valence-corrected chi connectivity index (χ2v) is 9.09. The number of aryl methyl sites for hydroxylation is 1. The van der Waals surface area contributed by atoms with Gasteiger partial charge in [-0.2, -0.15) is 0 Å². The first-order chi connectivity index (χ1) is 13.9. The van der Waals surface area contributed by atoms with Crippen LogP contribution in [-0.4, -0.2) is 35.7 Å². The van der Waals surface area contributed by atoms with Gasteiger partial charge in [0.15, 0.2) is 0 Å². The van der Waals surface area contributed by atoms with E-state index in [4.69, 9.17) is 9.26 Å². The first-order valence-electron chi connectivity index (χ1n) is 9.39. The lowest BCUT2D eigenvalue weighted by atomic mass is 10.1. The topological polar surface area (TPSA) is 102 Å². The number of benzene rings is 2. The number of alkyl carbamates (subject to hydrolysis) is 1. The number of rotatable bonds is 11. The number of carbonyl (C=O) groups excluding carboxylic acids is 1. The molecule has 0 aromatic heterocycles. The van der Waals surface area contributed by atoms with Crippen molar-refractivity contribution >= 4 is 19.4 Å². The van der Waals surface area contributed by atoms with E-state index in [2.05, 4.69) is 5.32 Å². The highest BCUT2D eigenvalue weighted by molar-refractivity contribution is 7.60. The number of carboxylic acids is 1. The molecule has 156 valence electrons. The van der Waals surface area contributed by atoms with Crippen molar-refractivity contribution < 1.29 is 28.5 Å². The number of aliphatic carboxylic acids is 1. The Hall–Kier alpha value is -2.63.